The normalized spacial score (nSPS) is 15.2. The minimum Gasteiger partial charge on any atom is -0.304 e. The van der Waals surface area contributed by atoms with Crippen LogP contribution in [0.4, 0.5) is 4.39 Å². The minimum absolute atomic E-state index is 0.0375. The van der Waals surface area contributed by atoms with Crippen LogP contribution in [0.5, 0.6) is 0 Å². The molecule has 0 spiro atoms. The molecule has 1 aliphatic carbocycles. The van der Waals surface area contributed by atoms with Crippen LogP contribution in [0, 0.1) is 5.82 Å². The second-order valence-corrected chi connectivity index (χ2v) is 7.30. The van der Waals surface area contributed by atoms with Crippen molar-refractivity contribution < 1.29 is 4.39 Å². The molecule has 0 aliphatic heterocycles. The first-order valence-electron chi connectivity index (χ1n) is 7.36. The van der Waals surface area contributed by atoms with Crippen LogP contribution in [0.3, 0.4) is 0 Å². The van der Waals surface area contributed by atoms with Crippen molar-refractivity contribution in [2.24, 2.45) is 0 Å². The number of aryl methyl sites for hydroxylation is 2. The van der Waals surface area contributed by atoms with Gasteiger partial charge in [-0.3, -0.25) is 0 Å². The maximum Gasteiger partial charge on any atom is 0.124 e. The summed E-state index contributed by atoms with van der Waals surface area (Å²) in [5.74, 6) is -0.221. The summed E-state index contributed by atoms with van der Waals surface area (Å²) in [6, 6.07) is 4.92. The van der Waals surface area contributed by atoms with E-state index in [-0.39, 0.29) is 11.9 Å². The molecule has 0 fully saturated rings. The minimum atomic E-state index is -0.221. The first-order chi connectivity index (χ1) is 10.2. The summed E-state index contributed by atoms with van der Waals surface area (Å²) in [6.07, 6.45) is 4.52. The standard InChI is InChI=1S/C16H18BrFN2S/c1-2-8-19-15(11-7-6-10(18)9-12(11)17)16-20-13-4-3-5-14(13)21-16/h6-7,9,15,19H,2-5,8H2,1H3. The number of hydrogen-bond acceptors (Lipinski definition) is 3. The molecule has 1 aromatic carbocycles. The lowest BCUT2D eigenvalue weighted by Gasteiger charge is -2.18. The van der Waals surface area contributed by atoms with E-state index in [1.54, 1.807) is 11.3 Å². The molecule has 1 heterocycles. The Morgan fingerprint density at radius 1 is 1.43 bits per heavy atom. The highest BCUT2D eigenvalue weighted by molar-refractivity contribution is 9.10. The van der Waals surface area contributed by atoms with Crippen LogP contribution < -0.4 is 5.32 Å². The van der Waals surface area contributed by atoms with Crippen LogP contribution in [0.15, 0.2) is 22.7 Å². The molecule has 1 aliphatic rings. The number of rotatable bonds is 5. The zero-order chi connectivity index (χ0) is 14.8. The van der Waals surface area contributed by atoms with Crippen LogP contribution >= 0.6 is 27.3 Å². The number of thiazole rings is 1. The molecule has 1 aromatic heterocycles. The summed E-state index contributed by atoms with van der Waals surface area (Å²) in [6.45, 7) is 3.06. The predicted octanol–water partition coefficient (Wildman–Crippen LogP) is 4.62. The van der Waals surface area contributed by atoms with E-state index in [0.29, 0.717) is 0 Å². The largest absolute Gasteiger partial charge is 0.304 e. The average Bonchev–Trinajstić information content (AvgIpc) is 3.02. The molecular formula is C16H18BrFN2S. The van der Waals surface area contributed by atoms with E-state index in [0.717, 1.165) is 40.9 Å². The van der Waals surface area contributed by atoms with E-state index >= 15 is 0 Å². The van der Waals surface area contributed by atoms with Crippen LogP contribution in [0.2, 0.25) is 0 Å². The fourth-order valence-electron chi connectivity index (χ4n) is 2.69. The number of fused-ring (bicyclic) bond motifs is 1. The lowest BCUT2D eigenvalue weighted by Crippen LogP contribution is -2.23. The van der Waals surface area contributed by atoms with Gasteiger partial charge in [0, 0.05) is 9.35 Å². The first-order valence-corrected chi connectivity index (χ1v) is 8.96. The molecule has 2 aromatic rings. The first kappa shape index (κ1) is 15.1. The quantitative estimate of drug-likeness (QED) is 0.832. The maximum absolute atomic E-state index is 13.3. The van der Waals surface area contributed by atoms with Gasteiger partial charge < -0.3 is 5.32 Å². The zero-order valence-electron chi connectivity index (χ0n) is 12.0. The fourth-order valence-corrected chi connectivity index (χ4v) is 4.52. The van der Waals surface area contributed by atoms with E-state index in [2.05, 4.69) is 28.2 Å². The van der Waals surface area contributed by atoms with Crippen LogP contribution in [-0.4, -0.2) is 11.5 Å². The van der Waals surface area contributed by atoms with E-state index in [4.69, 9.17) is 4.98 Å². The van der Waals surface area contributed by atoms with Gasteiger partial charge >= 0.3 is 0 Å². The van der Waals surface area contributed by atoms with Crippen LogP contribution in [-0.2, 0) is 12.8 Å². The molecule has 1 atom stereocenters. The average molecular weight is 369 g/mol. The van der Waals surface area contributed by atoms with Gasteiger partial charge in [-0.1, -0.05) is 28.9 Å². The highest BCUT2D eigenvalue weighted by Gasteiger charge is 2.24. The van der Waals surface area contributed by atoms with Gasteiger partial charge in [-0.15, -0.1) is 11.3 Å². The summed E-state index contributed by atoms with van der Waals surface area (Å²) in [5, 5.41) is 4.64. The van der Waals surface area contributed by atoms with Crippen molar-refractivity contribution in [1.29, 1.82) is 0 Å². The van der Waals surface area contributed by atoms with Crippen molar-refractivity contribution >= 4 is 27.3 Å². The smallest absolute Gasteiger partial charge is 0.124 e. The summed E-state index contributed by atoms with van der Waals surface area (Å²) in [4.78, 5) is 6.25. The van der Waals surface area contributed by atoms with Crippen molar-refractivity contribution in [2.45, 2.75) is 38.6 Å². The third kappa shape index (κ3) is 3.20. The van der Waals surface area contributed by atoms with Crippen molar-refractivity contribution in [3.8, 4) is 0 Å². The summed E-state index contributed by atoms with van der Waals surface area (Å²) in [5.41, 5.74) is 2.31. The SMILES string of the molecule is CCCNC(c1nc2c(s1)CCC2)c1ccc(F)cc1Br. The Bertz CT molecular complexity index is 620. The lowest BCUT2D eigenvalue weighted by atomic mass is 10.1. The van der Waals surface area contributed by atoms with E-state index in [1.807, 2.05) is 6.07 Å². The maximum atomic E-state index is 13.3. The Labute approximate surface area is 136 Å². The van der Waals surface area contributed by atoms with Gasteiger partial charge in [0.2, 0.25) is 0 Å². The highest BCUT2D eigenvalue weighted by Crippen LogP contribution is 2.35. The number of nitrogens with zero attached hydrogens (tertiary/aromatic N) is 1. The molecule has 0 bridgehead atoms. The third-order valence-electron chi connectivity index (χ3n) is 3.73. The third-order valence-corrected chi connectivity index (χ3v) is 5.64. The second kappa shape index (κ2) is 6.55. The van der Waals surface area contributed by atoms with Gasteiger partial charge in [0.25, 0.3) is 0 Å². The van der Waals surface area contributed by atoms with Gasteiger partial charge in [0.1, 0.15) is 10.8 Å². The fraction of sp³-hybridized carbons (Fsp3) is 0.438. The Morgan fingerprint density at radius 2 is 2.29 bits per heavy atom. The van der Waals surface area contributed by atoms with Gasteiger partial charge in [0.05, 0.1) is 11.7 Å². The molecule has 2 nitrogen and oxygen atoms in total. The van der Waals surface area contributed by atoms with E-state index in [1.165, 1.54) is 29.1 Å². The molecule has 0 amide bonds. The number of nitrogens with one attached hydrogen (secondary N) is 1. The molecule has 5 heteroatoms. The van der Waals surface area contributed by atoms with E-state index in [9.17, 15) is 4.39 Å². The molecular weight excluding hydrogens is 351 g/mol. The number of halogens is 2. The Kier molecular flexibility index (Phi) is 4.72. The molecule has 112 valence electrons. The monoisotopic (exact) mass is 368 g/mol. The van der Waals surface area contributed by atoms with Gasteiger partial charge in [-0.05, 0) is 49.9 Å². The number of benzene rings is 1. The Balaban J connectivity index is 1.96. The summed E-state index contributed by atoms with van der Waals surface area (Å²) < 4.78 is 14.1. The molecule has 0 saturated heterocycles. The Hall–Kier alpha value is -0.780. The number of aromatic nitrogens is 1. The van der Waals surface area contributed by atoms with Gasteiger partial charge in [-0.2, -0.15) is 0 Å². The molecule has 1 unspecified atom stereocenters. The topological polar surface area (TPSA) is 24.9 Å². The number of hydrogen-bond donors (Lipinski definition) is 1. The van der Waals surface area contributed by atoms with Crippen molar-refractivity contribution in [1.82, 2.24) is 10.3 Å². The molecule has 3 rings (SSSR count). The molecule has 1 N–H and O–H groups in total. The van der Waals surface area contributed by atoms with Crippen LogP contribution in [0.25, 0.3) is 0 Å². The van der Waals surface area contributed by atoms with Crippen molar-refractivity contribution in [2.75, 3.05) is 6.54 Å². The molecule has 21 heavy (non-hydrogen) atoms. The lowest BCUT2D eigenvalue weighted by molar-refractivity contribution is 0.587. The van der Waals surface area contributed by atoms with Crippen LogP contribution in [0.1, 0.15) is 46.9 Å². The molecule has 0 radical (unpaired) electrons. The summed E-state index contributed by atoms with van der Waals surface area (Å²) >= 11 is 5.29. The zero-order valence-corrected chi connectivity index (χ0v) is 14.4. The second-order valence-electron chi connectivity index (χ2n) is 5.33. The summed E-state index contributed by atoms with van der Waals surface area (Å²) in [7, 11) is 0. The Morgan fingerprint density at radius 3 is 3.00 bits per heavy atom. The highest BCUT2D eigenvalue weighted by atomic mass is 79.9. The van der Waals surface area contributed by atoms with Gasteiger partial charge in [-0.25, -0.2) is 9.37 Å². The van der Waals surface area contributed by atoms with Gasteiger partial charge in [0.15, 0.2) is 0 Å². The van der Waals surface area contributed by atoms with Crippen molar-refractivity contribution in [3.05, 3.63) is 49.6 Å². The predicted molar refractivity (Wildman–Crippen MR) is 88.4 cm³/mol. The van der Waals surface area contributed by atoms with E-state index < -0.39 is 0 Å². The molecule has 0 saturated carbocycles. The van der Waals surface area contributed by atoms with Crippen molar-refractivity contribution in [3.63, 3.8) is 0 Å².